The molecule has 6 nitrogen and oxygen atoms in total. The number of carbonyl (C=O) groups excluding carboxylic acids is 1. The van der Waals surface area contributed by atoms with Crippen LogP contribution in [0, 0.1) is 5.82 Å². The number of carbonyl (C=O) groups is 2. The molecule has 2 atom stereocenters. The Bertz CT molecular complexity index is 535. The van der Waals surface area contributed by atoms with Gasteiger partial charge in [-0.05, 0) is 31.0 Å². The van der Waals surface area contributed by atoms with Gasteiger partial charge in [-0.15, -0.1) is 0 Å². The number of nitrogens with two attached hydrogens (primary N) is 1. The molecule has 20 heavy (non-hydrogen) atoms. The van der Waals surface area contributed by atoms with E-state index in [9.17, 15) is 14.0 Å². The Balaban J connectivity index is 2.11. The smallest absolute Gasteiger partial charge is 0.337 e. The molecular weight excluding hydrogens is 267 g/mol. The van der Waals surface area contributed by atoms with Crippen molar-refractivity contribution in [1.82, 2.24) is 0 Å². The summed E-state index contributed by atoms with van der Waals surface area (Å²) in [5, 5.41) is 11.4. The molecule has 0 bridgehead atoms. The number of aromatic carboxylic acids is 1. The van der Waals surface area contributed by atoms with Gasteiger partial charge < -0.3 is 20.9 Å². The molecule has 1 amide bonds. The largest absolute Gasteiger partial charge is 0.478 e. The van der Waals surface area contributed by atoms with E-state index in [1.54, 1.807) is 0 Å². The van der Waals surface area contributed by atoms with Gasteiger partial charge in [0.25, 0.3) is 5.91 Å². The quantitative estimate of drug-likeness (QED) is 0.763. The number of anilines is 1. The summed E-state index contributed by atoms with van der Waals surface area (Å²) in [5.41, 5.74) is 5.19. The fourth-order valence-electron chi connectivity index (χ4n) is 2.09. The maximum absolute atomic E-state index is 13.2. The lowest BCUT2D eigenvalue weighted by molar-refractivity contribution is -0.126. The fraction of sp³-hybridized carbons (Fsp3) is 0.385. The fourth-order valence-corrected chi connectivity index (χ4v) is 2.09. The van der Waals surface area contributed by atoms with Crippen molar-refractivity contribution in [2.45, 2.75) is 25.0 Å². The predicted molar refractivity (Wildman–Crippen MR) is 68.9 cm³/mol. The molecule has 0 aromatic heterocycles. The average Bonchev–Trinajstić information content (AvgIpc) is 2.87. The highest BCUT2D eigenvalue weighted by Gasteiger charge is 2.30. The van der Waals surface area contributed by atoms with Crippen molar-refractivity contribution in [1.29, 1.82) is 0 Å². The first-order chi connectivity index (χ1) is 9.51. The number of hydrogen-bond acceptors (Lipinski definition) is 4. The molecule has 2 rings (SSSR count). The van der Waals surface area contributed by atoms with Crippen LogP contribution >= 0.6 is 0 Å². The summed E-state index contributed by atoms with van der Waals surface area (Å²) in [5.74, 6) is -2.36. The van der Waals surface area contributed by atoms with Gasteiger partial charge in [0.1, 0.15) is 11.9 Å². The Morgan fingerprint density at radius 3 is 2.80 bits per heavy atom. The number of benzene rings is 1. The molecule has 1 heterocycles. The van der Waals surface area contributed by atoms with Crippen molar-refractivity contribution in [2.75, 3.05) is 11.9 Å². The van der Waals surface area contributed by atoms with Gasteiger partial charge in [0, 0.05) is 6.54 Å². The van der Waals surface area contributed by atoms with Gasteiger partial charge in [0.15, 0.2) is 0 Å². The molecule has 1 saturated heterocycles. The maximum atomic E-state index is 13.2. The minimum atomic E-state index is -1.24. The van der Waals surface area contributed by atoms with Gasteiger partial charge in [-0.2, -0.15) is 0 Å². The third-order valence-electron chi connectivity index (χ3n) is 3.13. The predicted octanol–water partition coefficient (Wildman–Crippen LogP) is 0.969. The highest BCUT2D eigenvalue weighted by Crippen LogP contribution is 2.22. The Hall–Kier alpha value is -1.99. The van der Waals surface area contributed by atoms with Crippen LogP contribution in [0.1, 0.15) is 23.2 Å². The molecule has 0 spiro atoms. The van der Waals surface area contributed by atoms with E-state index in [0.717, 1.165) is 18.2 Å². The van der Waals surface area contributed by atoms with Crippen LogP contribution in [0.15, 0.2) is 18.2 Å². The molecule has 1 aliphatic rings. The molecule has 2 unspecified atom stereocenters. The third kappa shape index (κ3) is 3.12. The molecule has 7 heteroatoms. The van der Waals surface area contributed by atoms with Crippen LogP contribution in [0.4, 0.5) is 10.1 Å². The number of hydrogen-bond donors (Lipinski definition) is 3. The zero-order valence-corrected chi connectivity index (χ0v) is 10.6. The van der Waals surface area contributed by atoms with E-state index in [-0.39, 0.29) is 17.4 Å². The number of halogens is 1. The van der Waals surface area contributed by atoms with Gasteiger partial charge >= 0.3 is 5.97 Å². The van der Waals surface area contributed by atoms with E-state index in [4.69, 9.17) is 15.6 Å². The lowest BCUT2D eigenvalue weighted by atomic mass is 10.1. The van der Waals surface area contributed by atoms with E-state index in [0.29, 0.717) is 19.4 Å². The molecule has 0 radical (unpaired) electrons. The molecule has 0 aliphatic carbocycles. The molecular formula is C13H15FN2O4. The van der Waals surface area contributed by atoms with E-state index in [1.165, 1.54) is 0 Å². The number of carboxylic acids is 1. The van der Waals surface area contributed by atoms with Crippen LogP contribution in [0.25, 0.3) is 0 Å². The number of carboxylic acid groups (broad SMARTS) is 1. The van der Waals surface area contributed by atoms with Crippen LogP contribution in [0.3, 0.4) is 0 Å². The van der Waals surface area contributed by atoms with Crippen molar-refractivity contribution in [3.8, 4) is 0 Å². The van der Waals surface area contributed by atoms with Crippen molar-refractivity contribution >= 4 is 17.6 Å². The Labute approximate surface area is 114 Å². The molecule has 1 fully saturated rings. The zero-order chi connectivity index (χ0) is 14.7. The SMILES string of the molecule is NCC1CCC(C(=O)Nc2cc(F)ccc2C(=O)O)O1. The molecule has 1 aromatic rings. The Morgan fingerprint density at radius 2 is 2.20 bits per heavy atom. The van der Waals surface area contributed by atoms with Crippen molar-refractivity contribution < 1.29 is 23.8 Å². The number of amides is 1. The average molecular weight is 282 g/mol. The van der Waals surface area contributed by atoms with Crippen LogP contribution in [-0.4, -0.2) is 35.7 Å². The number of rotatable bonds is 4. The zero-order valence-electron chi connectivity index (χ0n) is 10.6. The Kier molecular flexibility index (Phi) is 4.31. The van der Waals surface area contributed by atoms with Crippen LogP contribution in [0.5, 0.6) is 0 Å². The van der Waals surface area contributed by atoms with Crippen LogP contribution in [0.2, 0.25) is 0 Å². The van der Waals surface area contributed by atoms with E-state index < -0.39 is 23.8 Å². The second kappa shape index (κ2) is 5.98. The highest BCUT2D eigenvalue weighted by molar-refractivity contribution is 6.01. The van der Waals surface area contributed by atoms with Crippen LogP contribution in [-0.2, 0) is 9.53 Å². The summed E-state index contributed by atoms with van der Waals surface area (Å²) >= 11 is 0. The second-order valence-electron chi connectivity index (χ2n) is 4.54. The molecule has 1 aromatic carbocycles. The van der Waals surface area contributed by atoms with Crippen molar-refractivity contribution in [2.24, 2.45) is 5.73 Å². The standard InChI is InChI=1S/C13H15FN2O4/c14-7-1-3-9(13(18)19)10(5-7)16-12(17)11-4-2-8(6-15)20-11/h1,3,5,8,11H,2,4,6,15H2,(H,16,17)(H,18,19). The summed E-state index contributed by atoms with van der Waals surface area (Å²) in [4.78, 5) is 23.0. The first-order valence-electron chi connectivity index (χ1n) is 6.20. The molecule has 1 aliphatic heterocycles. The van der Waals surface area contributed by atoms with Gasteiger partial charge in [0.05, 0.1) is 17.4 Å². The summed E-state index contributed by atoms with van der Waals surface area (Å²) in [6.45, 7) is 0.324. The lowest BCUT2D eigenvalue weighted by Gasteiger charge is -2.14. The summed E-state index contributed by atoms with van der Waals surface area (Å²) < 4.78 is 18.6. The minimum Gasteiger partial charge on any atom is -0.478 e. The van der Waals surface area contributed by atoms with Gasteiger partial charge in [-0.25, -0.2) is 9.18 Å². The first-order valence-corrected chi connectivity index (χ1v) is 6.20. The summed E-state index contributed by atoms with van der Waals surface area (Å²) in [6.07, 6.45) is 0.320. The number of ether oxygens (including phenoxy) is 1. The topological polar surface area (TPSA) is 102 Å². The molecule has 108 valence electrons. The van der Waals surface area contributed by atoms with Gasteiger partial charge in [0.2, 0.25) is 0 Å². The first kappa shape index (κ1) is 14.4. The lowest BCUT2D eigenvalue weighted by Crippen LogP contribution is -2.30. The number of nitrogens with one attached hydrogen (secondary N) is 1. The van der Waals surface area contributed by atoms with E-state index >= 15 is 0 Å². The van der Waals surface area contributed by atoms with E-state index in [2.05, 4.69) is 5.32 Å². The second-order valence-corrected chi connectivity index (χ2v) is 4.54. The minimum absolute atomic E-state index is 0.0812. The third-order valence-corrected chi connectivity index (χ3v) is 3.13. The Morgan fingerprint density at radius 1 is 1.45 bits per heavy atom. The monoisotopic (exact) mass is 282 g/mol. The van der Waals surface area contributed by atoms with Crippen molar-refractivity contribution in [3.63, 3.8) is 0 Å². The van der Waals surface area contributed by atoms with Gasteiger partial charge in [-0.3, -0.25) is 4.79 Å². The van der Waals surface area contributed by atoms with Crippen LogP contribution < -0.4 is 11.1 Å². The van der Waals surface area contributed by atoms with Gasteiger partial charge in [-0.1, -0.05) is 0 Å². The molecule has 0 saturated carbocycles. The summed E-state index contributed by atoms with van der Waals surface area (Å²) in [6, 6.07) is 3.10. The van der Waals surface area contributed by atoms with Crippen molar-refractivity contribution in [3.05, 3.63) is 29.6 Å². The highest BCUT2D eigenvalue weighted by atomic mass is 19.1. The maximum Gasteiger partial charge on any atom is 0.337 e. The molecule has 4 N–H and O–H groups in total. The summed E-state index contributed by atoms with van der Waals surface area (Å²) in [7, 11) is 0. The van der Waals surface area contributed by atoms with E-state index in [1.807, 2.05) is 0 Å². The normalized spacial score (nSPS) is 21.7.